The molecule has 7 rings (SSSR count). The molecule has 0 saturated carbocycles. The van der Waals surface area contributed by atoms with Crippen LogP contribution < -0.4 is 0 Å². The maximum Gasteiger partial charge on any atom is 0.220 e. The highest BCUT2D eigenvalue weighted by atomic mass is 15.2. The zero-order valence-electron chi connectivity index (χ0n) is 20.5. The van der Waals surface area contributed by atoms with Crippen molar-refractivity contribution in [1.82, 2.24) is 14.0 Å². The summed E-state index contributed by atoms with van der Waals surface area (Å²) in [5.41, 5.74) is 9.70. The van der Waals surface area contributed by atoms with E-state index in [9.17, 15) is 0 Å². The Hall–Kier alpha value is -4.63. The van der Waals surface area contributed by atoms with Gasteiger partial charge in [-0.15, -0.1) is 0 Å². The van der Waals surface area contributed by atoms with Gasteiger partial charge in [-0.1, -0.05) is 97.1 Å². The standard InChI is InChI=1S/C34H27N3/c1-4-12-26(13-5-1)29(27-14-6-2-7-15-27)22-20-25-21-23-31-30(24-25)35-34-36(28-16-8-3-9-17-28)32-18-10-11-19-33(32)37(31)34/h1-19,21,23-24,29H,20,22H2. The van der Waals surface area contributed by atoms with E-state index in [2.05, 4.69) is 142 Å². The number of nitrogens with zero attached hydrogens (tertiary/aromatic N) is 3. The summed E-state index contributed by atoms with van der Waals surface area (Å²) in [5, 5.41) is 0. The normalized spacial score (nSPS) is 11.7. The Balaban J connectivity index is 1.29. The molecule has 5 aromatic carbocycles. The lowest BCUT2D eigenvalue weighted by atomic mass is 9.86. The Bertz CT molecular complexity index is 1770. The van der Waals surface area contributed by atoms with Crippen molar-refractivity contribution in [2.75, 3.05) is 0 Å². The lowest BCUT2D eigenvalue weighted by Crippen LogP contribution is -2.03. The van der Waals surface area contributed by atoms with Gasteiger partial charge in [-0.3, -0.25) is 8.97 Å². The van der Waals surface area contributed by atoms with E-state index in [4.69, 9.17) is 4.98 Å². The van der Waals surface area contributed by atoms with Crippen molar-refractivity contribution < 1.29 is 0 Å². The van der Waals surface area contributed by atoms with E-state index in [-0.39, 0.29) is 0 Å². The monoisotopic (exact) mass is 477 g/mol. The lowest BCUT2D eigenvalue weighted by molar-refractivity contribution is 0.715. The molecule has 0 unspecified atom stereocenters. The van der Waals surface area contributed by atoms with Crippen molar-refractivity contribution in [3.05, 3.63) is 150 Å². The summed E-state index contributed by atoms with van der Waals surface area (Å²) in [7, 11) is 0. The summed E-state index contributed by atoms with van der Waals surface area (Å²) in [6.45, 7) is 0. The molecule has 0 fully saturated rings. The number of benzene rings is 5. The lowest BCUT2D eigenvalue weighted by Gasteiger charge is -2.18. The fourth-order valence-corrected chi connectivity index (χ4v) is 5.65. The minimum Gasteiger partial charge on any atom is -0.278 e. The summed E-state index contributed by atoms with van der Waals surface area (Å²) < 4.78 is 4.55. The maximum absolute atomic E-state index is 5.16. The van der Waals surface area contributed by atoms with Gasteiger partial charge in [0.15, 0.2) is 0 Å². The molecule has 0 aliphatic heterocycles. The van der Waals surface area contributed by atoms with E-state index in [1.165, 1.54) is 22.2 Å². The van der Waals surface area contributed by atoms with Gasteiger partial charge in [0.05, 0.1) is 22.1 Å². The van der Waals surface area contributed by atoms with E-state index < -0.39 is 0 Å². The van der Waals surface area contributed by atoms with Gasteiger partial charge in [-0.2, -0.15) is 0 Å². The van der Waals surface area contributed by atoms with E-state index in [0.717, 1.165) is 40.9 Å². The molecule has 37 heavy (non-hydrogen) atoms. The van der Waals surface area contributed by atoms with E-state index in [0.29, 0.717) is 5.92 Å². The van der Waals surface area contributed by atoms with Gasteiger partial charge in [0.2, 0.25) is 5.78 Å². The van der Waals surface area contributed by atoms with Crippen LogP contribution in [0.15, 0.2) is 133 Å². The highest BCUT2D eigenvalue weighted by molar-refractivity contribution is 5.92. The van der Waals surface area contributed by atoms with Crippen LogP contribution in [0.4, 0.5) is 0 Å². The number of para-hydroxylation sites is 3. The van der Waals surface area contributed by atoms with Gasteiger partial charge >= 0.3 is 0 Å². The SMILES string of the molecule is c1ccc(C(CCc2ccc3c(c2)nc2n(-c4ccccc4)c4ccccc4n32)c2ccccc2)cc1. The second-order valence-corrected chi connectivity index (χ2v) is 9.64. The van der Waals surface area contributed by atoms with Crippen LogP contribution in [0, 0.1) is 0 Å². The van der Waals surface area contributed by atoms with Gasteiger partial charge in [0.1, 0.15) is 0 Å². The zero-order valence-corrected chi connectivity index (χ0v) is 20.5. The average Bonchev–Trinajstić information content (AvgIpc) is 3.49. The third-order valence-electron chi connectivity index (χ3n) is 7.40. The third-order valence-corrected chi connectivity index (χ3v) is 7.40. The first-order valence-electron chi connectivity index (χ1n) is 12.9. The van der Waals surface area contributed by atoms with Gasteiger partial charge in [-0.05, 0) is 65.9 Å². The number of hydrogen-bond acceptors (Lipinski definition) is 1. The first-order chi connectivity index (χ1) is 18.4. The molecule has 0 spiro atoms. The van der Waals surface area contributed by atoms with E-state index >= 15 is 0 Å². The van der Waals surface area contributed by atoms with Crippen LogP contribution in [-0.2, 0) is 6.42 Å². The van der Waals surface area contributed by atoms with E-state index in [1.54, 1.807) is 0 Å². The molecule has 3 nitrogen and oxygen atoms in total. The molecule has 0 bridgehead atoms. The predicted molar refractivity (Wildman–Crippen MR) is 153 cm³/mol. The van der Waals surface area contributed by atoms with Crippen molar-refractivity contribution in [1.29, 1.82) is 0 Å². The van der Waals surface area contributed by atoms with Crippen LogP contribution >= 0.6 is 0 Å². The van der Waals surface area contributed by atoms with Crippen molar-refractivity contribution in [3.8, 4) is 5.69 Å². The fraction of sp³-hybridized carbons (Fsp3) is 0.0882. The number of aromatic nitrogens is 3. The van der Waals surface area contributed by atoms with Crippen molar-refractivity contribution >= 4 is 27.8 Å². The quantitative estimate of drug-likeness (QED) is 0.237. The smallest absolute Gasteiger partial charge is 0.220 e. The molecule has 0 radical (unpaired) electrons. The first kappa shape index (κ1) is 21.6. The molecule has 3 heteroatoms. The number of rotatable bonds is 6. The van der Waals surface area contributed by atoms with E-state index in [1.807, 2.05) is 0 Å². The highest BCUT2D eigenvalue weighted by Crippen LogP contribution is 2.32. The topological polar surface area (TPSA) is 22.2 Å². The maximum atomic E-state index is 5.16. The molecule has 0 atom stereocenters. The van der Waals surface area contributed by atoms with Crippen LogP contribution in [0.5, 0.6) is 0 Å². The van der Waals surface area contributed by atoms with Gasteiger partial charge < -0.3 is 0 Å². The molecule has 2 aromatic heterocycles. The predicted octanol–water partition coefficient (Wildman–Crippen LogP) is 8.20. The van der Waals surface area contributed by atoms with Crippen LogP contribution in [0.25, 0.3) is 33.5 Å². The molecule has 2 heterocycles. The highest BCUT2D eigenvalue weighted by Gasteiger charge is 2.18. The van der Waals surface area contributed by atoms with Crippen molar-refractivity contribution in [2.45, 2.75) is 18.8 Å². The third kappa shape index (κ3) is 3.80. The molecule has 0 saturated heterocycles. The number of imidazole rings is 2. The Morgan fingerprint density at radius 1 is 0.568 bits per heavy atom. The number of hydrogen-bond donors (Lipinski definition) is 0. The summed E-state index contributed by atoms with van der Waals surface area (Å²) in [4.78, 5) is 5.16. The molecule has 0 N–H and O–H groups in total. The van der Waals surface area contributed by atoms with Gasteiger partial charge in [-0.25, -0.2) is 4.98 Å². The summed E-state index contributed by atoms with van der Waals surface area (Å²) >= 11 is 0. The summed E-state index contributed by atoms with van der Waals surface area (Å²) in [6, 6.07) is 47.6. The van der Waals surface area contributed by atoms with Crippen LogP contribution in [-0.4, -0.2) is 14.0 Å². The first-order valence-corrected chi connectivity index (χ1v) is 12.9. The van der Waals surface area contributed by atoms with Crippen LogP contribution in [0.1, 0.15) is 29.0 Å². The number of fused-ring (bicyclic) bond motifs is 5. The Morgan fingerprint density at radius 2 is 1.16 bits per heavy atom. The van der Waals surface area contributed by atoms with Gasteiger partial charge in [0, 0.05) is 11.6 Å². The summed E-state index contributed by atoms with van der Waals surface area (Å²) in [6.07, 6.45) is 2.04. The Morgan fingerprint density at radius 3 is 1.84 bits per heavy atom. The Kier molecular flexibility index (Phi) is 5.32. The molecule has 178 valence electrons. The molecular formula is C34H27N3. The van der Waals surface area contributed by atoms with Crippen molar-refractivity contribution in [2.24, 2.45) is 0 Å². The minimum atomic E-state index is 0.366. The number of aryl methyl sites for hydroxylation is 1. The molecule has 7 aromatic rings. The second kappa shape index (κ2) is 9.11. The molecular weight excluding hydrogens is 450 g/mol. The largest absolute Gasteiger partial charge is 0.278 e. The van der Waals surface area contributed by atoms with Gasteiger partial charge in [0.25, 0.3) is 0 Å². The minimum absolute atomic E-state index is 0.366. The second-order valence-electron chi connectivity index (χ2n) is 9.64. The summed E-state index contributed by atoms with van der Waals surface area (Å²) in [5.74, 6) is 1.32. The van der Waals surface area contributed by atoms with Crippen molar-refractivity contribution in [3.63, 3.8) is 0 Å². The molecule has 0 aliphatic carbocycles. The molecule has 0 aliphatic rings. The zero-order chi connectivity index (χ0) is 24.6. The average molecular weight is 478 g/mol. The Labute approximate surface area is 216 Å². The fourth-order valence-electron chi connectivity index (χ4n) is 5.65. The van der Waals surface area contributed by atoms with Crippen LogP contribution in [0.3, 0.4) is 0 Å². The van der Waals surface area contributed by atoms with Crippen LogP contribution in [0.2, 0.25) is 0 Å². The molecule has 0 amide bonds.